The van der Waals surface area contributed by atoms with E-state index in [9.17, 15) is 0 Å². The molecular formula is C9H19NS. The topological polar surface area (TPSA) is 3.24 Å². The van der Waals surface area contributed by atoms with Gasteiger partial charge >= 0.3 is 0 Å². The predicted octanol–water partition coefficient (Wildman–Crippen LogP) is 2.22. The Kier molecular flexibility index (Phi) is 4.31. The molecule has 1 fully saturated rings. The molecule has 1 aliphatic heterocycles. The number of thioether (sulfide) groups is 1. The third-order valence-corrected chi connectivity index (χ3v) is 3.58. The number of unbranched alkanes of at least 4 members (excludes halogenated alkanes) is 1. The molecule has 1 heterocycles. The van der Waals surface area contributed by atoms with Crippen LogP contribution in [0.5, 0.6) is 0 Å². The van der Waals surface area contributed by atoms with Crippen molar-refractivity contribution in [3.63, 3.8) is 0 Å². The molecule has 1 atom stereocenters. The summed E-state index contributed by atoms with van der Waals surface area (Å²) in [6.07, 6.45) is 4.14. The van der Waals surface area contributed by atoms with Crippen molar-refractivity contribution >= 4 is 11.8 Å². The molecule has 1 aliphatic rings. The van der Waals surface area contributed by atoms with Gasteiger partial charge in [-0.1, -0.05) is 13.3 Å². The van der Waals surface area contributed by atoms with E-state index in [4.69, 9.17) is 0 Å². The Balaban J connectivity index is 1.99. The van der Waals surface area contributed by atoms with Crippen LogP contribution >= 0.6 is 11.8 Å². The molecule has 0 aromatic rings. The summed E-state index contributed by atoms with van der Waals surface area (Å²) in [6, 6.07) is 0. The lowest BCUT2D eigenvalue weighted by Crippen LogP contribution is -2.14. The Morgan fingerprint density at radius 3 is 2.91 bits per heavy atom. The molecule has 0 aliphatic carbocycles. The third kappa shape index (κ3) is 3.48. The van der Waals surface area contributed by atoms with Crippen LogP contribution in [-0.4, -0.2) is 36.0 Å². The summed E-state index contributed by atoms with van der Waals surface area (Å²) in [6.45, 7) is 4.89. The first-order chi connectivity index (χ1) is 5.33. The second-order valence-electron chi connectivity index (χ2n) is 3.40. The largest absolute Gasteiger partial charge is 0.305 e. The molecule has 11 heavy (non-hydrogen) atoms. The van der Waals surface area contributed by atoms with Gasteiger partial charge in [-0.05, 0) is 32.2 Å². The molecule has 2 heteroatoms. The average Bonchev–Trinajstić information content (AvgIpc) is 2.37. The van der Waals surface area contributed by atoms with Crippen LogP contribution in [0.2, 0.25) is 0 Å². The maximum atomic E-state index is 2.43. The van der Waals surface area contributed by atoms with Crippen molar-refractivity contribution in [2.45, 2.75) is 31.4 Å². The van der Waals surface area contributed by atoms with Crippen molar-refractivity contribution in [3.8, 4) is 0 Å². The zero-order valence-electron chi connectivity index (χ0n) is 7.68. The summed E-state index contributed by atoms with van der Waals surface area (Å²) in [5.74, 6) is 1.37. The van der Waals surface area contributed by atoms with Crippen molar-refractivity contribution in [1.82, 2.24) is 4.90 Å². The van der Waals surface area contributed by atoms with Gasteiger partial charge in [0.2, 0.25) is 0 Å². The van der Waals surface area contributed by atoms with E-state index in [2.05, 4.69) is 30.6 Å². The van der Waals surface area contributed by atoms with Crippen LogP contribution in [0.1, 0.15) is 26.2 Å². The van der Waals surface area contributed by atoms with Crippen molar-refractivity contribution in [2.75, 3.05) is 25.9 Å². The highest BCUT2D eigenvalue weighted by Gasteiger charge is 2.18. The van der Waals surface area contributed by atoms with E-state index in [1.165, 1.54) is 38.1 Å². The third-order valence-electron chi connectivity index (χ3n) is 2.20. The first kappa shape index (κ1) is 9.40. The lowest BCUT2D eigenvalue weighted by Gasteiger charge is -2.08. The van der Waals surface area contributed by atoms with Crippen molar-refractivity contribution < 1.29 is 0 Å². The van der Waals surface area contributed by atoms with E-state index in [0.717, 1.165) is 5.25 Å². The summed E-state index contributed by atoms with van der Waals surface area (Å²) < 4.78 is 0. The highest BCUT2D eigenvalue weighted by atomic mass is 32.2. The Labute approximate surface area is 74.5 Å². The maximum Gasteiger partial charge on any atom is 0.0187 e. The van der Waals surface area contributed by atoms with Crippen LogP contribution in [0, 0.1) is 0 Å². The van der Waals surface area contributed by atoms with Crippen molar-refractivity contribution in [3.05, 3.63) is 0 Å². The molecule has 1 rings (SSSR count). The summed E-state index contributed by atoms with van der Waals surface area (Å²) in [5, 5.41) is 0.937. The van der Waals surface area contributed by atoms with Crippen LogP contribution in [-0.2, 0) is 0 Å². The minimum Gasteiger partial charge on any atom is -0.305 e. The number of rotatable bonds is 4. The number of hydrogen-bond donors (Lipinski definition) is 0. The molecule has 0 spiro atoms. The van der Waals surface area contributed by atoms with Gasteiger partial charge in [0.1, 0.15) is 0 Å². The second-order valence-corrected chi connectivity index (χ2v) is 4.81. The monoisotopic (exact) mass is 173 g/mol. The van der Waals surface area contributed by atoms with Crippen molar-refractivity contribution in [2.24, 2.45) is 0 Å². The van der Waals surface area contributed by atoms with Crippen LogP contribution in [0.4, 0.5) is 0 Å². The summed E-state index contributed by atoms with van der Waals surface area (Å²) in [4.78, 5) is 2.43. The fourth-order valence-electron chi connectivity index (χ4n) is 1.42. The first-order valence-corrected chi connectivity index (χ1v) is 5.68. The van der Waals surface area contributed by atoms with E-state index >= 15 is 0 Å². The molecule has 0 bridgehead atoms. The van der Waals surface area contributed by atoms with Gasteiger partial charge in [-0.15, -0.1) is 0 Å². The molecule has 66 valence electrons. The van der Waals surface area contributed by atoms with E-state index < -0.39 is 0 Å². The van der Waals surface area contributed by atoms with E-state index in [1.807, 2.05) is 0 Å². The number of likely N-dealkylation sites (tertiary alicyclic amines) is 1. The first-order valence-electron chi connectivity index (χ1n) is 4.63. The van der Waals surface area contributed by atoms with Gasteiger partial charge in [-0.25, -0.2) is 0 Å². The van der Waals surface area contributed by atoms with Gasteiger partial charge in [0, 0.05) is 11.8 Å². The molecule has 1 nitrogen and oxygen atoms in total. The SMILES string of the molecule is CCCCSC1CCN(C)C1. The summed E-state index contributed by atoms with van der Waals surface area (Å²) in [5.41, 5.74) is 0. The quantitative estimate of drug-likeness (QED) is 0.600. The molecular weight excluding hydrogens is 154 g/mol. The van der Waals surface area contributed by atoms with E-state index in [0.29, 0.717) is 0 Å². The minimum absolute atomic E-state index is 0.937. The predicted molar refractivity (Wildman–Crippen MR) is 53.3 cm³/mol. The molecule has 0 N–H and O–H groups in total. The lowest BCUT2D eigenvalue weighted by molar-refractivity contribution is 0.419. The fraction of sp³-hybridized carbons (Fsp3) is 1.00. The Hall–Kier alpha value is 0.310. The zero-order valence-corrected chi connectivity index (χ0v) is 8.49. The molecule has 0 radical (unpaired) electrons. The summed E-state index contributed by atoms with van der Waals surface area (Å²) in [7, 11) is 2.22. The molecule has 0 amide bonds. The smallest absolute Gasteiger partial charge is 0.0187 e. The Morgan fingerprint density at radius 1 is 1.55 bits per heavy atom. The standard InChI is InChI=1S/C9H19NS/c1-3-4-7-11-9-5-6-10(2)8-9/h9H,3-8H2,1-2H3. The molecule has 1 saturated heterocycles. The van der Waals surface area contributed by atoms with Gasteiger partial charge in [0.05, 0.1) is 0 Å². The van der Waals surface area contributed by atoms with Crippen LogP contribution in [0.25, 0.3) is 0 Å². The number of nitrogens with zero attached hydrogens (tertiary/aromatic N) is 1. The van der Waals surface area contributed by atoms with Crippen LogP contribution in [0.3, 0.4) is 0 Å². The molecule has 0 aromatic heterocycles. The van der Waals surface area contributed by atoms with E-state index in [1.54, 1.807) is 0 Å². The second kappa shape index (κ2) is 5.04. The highest BCUT2D eigenvalue weighted by molar-refractivity contribution is 7.99. The zero-order chi connectivity index (χ0) is 8.10. The van der Waals surface area contributed by atoms with Gasteiger partial charge in [-0.2, -0.15) is 11.8 Å². The lowest BCUT2D eigenvalue weighted by atomic mass is 10.4. The highest BCUT2D eigenvalue weighted by Crippen LogP contribution is 2.22. The number of hydrogen-bond acceptors (Lipinski definition) is 2. The molecule has 0 saturated carbocycles. The maximum absolute atomic E-state index is 2.43. The average molecular weight is 173 g/mol. The Bertz CT molecular complexity index is 106. The summed E-state index contributed by atoms with van der Waals surface area (Å²) >= 11 is 2.17. The minimum atomic E-state index is 0.937. The van der Waals surface area contributed by atoms with Crippen LogP contribution < -0.4 is 0 Å². The van der Waals surface area contributed by atoms with Crippen LogP contribution in [0.15, 0.2) is 0 Å². The van der Waals surface area contributed by atoms with Crippen molar-refractivity contribution in [1.29, 1.82) is 0 Å². The van der Waals surface area contributed by atoms with Gasteiger partial charge in [-0.3, -0.25) is 0 Å². The molecule has 1 unspecified atom stereocenters. The normalized spacial score (nSPS) is 26.2. The fourth-order valence-corrected chi connectivity index (χ4v) is 2.85. The Morgan fingerprint density at radius 2 is 2.36 bits per heavy atom. The van der Waals surface area contributed by atoms with Gasteiger partial charge in [0.15, 0.2) is 0 Å². The van der Waals surface area contributed by atoms with Gasteiger partial charge < -0.3 is 4.90 Å². The van der Waals surface area contributed by atoms with E-state index in [-0.39, 0.29) is 0 Å². The molecule has 0 aromatic carbocycles. The van der Waals surface area contributed by atoms with Gasteiger partial charge in [0.25, 0.3) is 0 Å².